The third-order valence-electron chi connectivity index (χ3n) is 7.26. The van der Waals surface area contributed by atoms with Gasteiger partial charge >= 0.3 is 12.2 Å². The monoisotopic (exact) mass is 587 g/mol. The summed E-state index contributed by atoms with van der Waals surface area (Å²) in [5.41, 5.74) is -0.638. The maximum Gasteiger partial charge on any atom is 0.410 e. The molecular weight excluding hydrogens is 548 g/mol. The summed E-state index contributed by atoms with van der Waals surface area (Å²) in [5.74, 6) is -2.39. The molecule has 2 aliphatic heterocycles. The van der Waals surface area contributed by atoms with Gasteiger partial charge in [0.1, 0.15) is 30.1 Å². The van der Waals surface area contributed by atoms with Crippen molar-refractivity contribution in [2.45, 2.75) is 84.4 Å². The SMILES string of the molecule is CC(C)(C)OC(=O)N1C[C@H](Oc2ccc(F)c(F)c2)[C@@H]2[C@H]1CCN2C(=O)C(NC(=O)OCc1ccccc1)C(C)(C)C. The van der Waals surface area contributed by atoms with E-state index < -0.39 is 59.1 Å². The average molecular weight is 588 g/mol. The van der Waals surface area contributed by atoms with Gasteiger partial charge in [-0.3, -0.25) is 9.69 Å². The molecule has 1 unspecified atom stereocenters. The normalized spacial score (nSPS) is 21.0. The summed E-state index contributed by atoms with van der Waals surface area (Å²) < 4.78 is 44.7. The molecule has 4 rings (SSSR count). The summed E-state index contributed by atoms with van der Waals surface area (Å²) in [7, 11) is 0. The number of hydrogen-bond donors (Lipinski definition) is 1. The van der Waals surface area contributed by atoms with Crippen LogP contribution < -0.4 is 10.1 Å². The van der Waals surface area contributed by atoms with Crippen molar-refractivity contribution in [1.29, 1.82) is 0 Å². The number of nitrogens with one attached hydrogen (secondary N) is 1. The minimum atomic E-state index is -1.07. The largest absolute Gasteiger partial charge is 0.486 e. The zero-order valence-electron chi connectivity index (χ0n) is 24.9. The highest BCUT2D eigenvalue weighted by atomic mass is 19.2. The van der Waals surface area contributed by atoms with Gasteiger partial charge in [-0.15, -0.1) is 0 Å². The second-order valence-electron chi connectivity index (χ2n) is 12.7. The number of fused-ring (bicyclic) bond motifs is 1. The van der Waals surface area contributed by atoms with Crippen molar-refractivity contribution in [3.63, 3.8) is 0 Å². The number of hydrogen-bond acceptors (Lipinski definition) is 6. The van der Waals surface area contributed by atoms with Crippen LogP contribution >= 0.6 is 0 Å². The van der Waals surface area contributed by atoms with E-state index in [-0.39, 0.29) is 24.8 Å². The molecule has 2 fully saturated rings. The van der Waals surface area contributed by atoms with Gasteiger partial charge in [0.05, 0.1) is 18.6 Å². The van der Waals surface area contributed by atoms with Crippen LogP contribution in [-0.2, 0) is 20.9 Å². The molecule has 2 saturated heterocycles. The van der Waals surface area contributed by atoms with Crippen LogP contribution in [-0.4, -0.2) is 70.8 Å². The highest BCUT2D eigenvalue weighted by Gasteiger charge is 2.55. The minimum absolute atomic E-state index is 0.0428. The van der Waals surface area contributed by atoms with Crippen molar-refractivity contribution in [2.24, 2.45) is 5.41 Å². The summed E-state index contributed by atoms with van der Waals surface area (Å²) in [4.78, 5) is 43.2. The minimum Gasteiger partial charge on any atom is -0.486 e. The van der Waals surface area contributed by atoms with E-state index in [1.165, 1.54) is 11.0 Å². The van der Waals surface area contributed by atoms with Gasteiger partial charge in [0.2, 0.25) is 5.91 Å². The Bertz CT molecular complexity index is 1290. The summed E-state index contributed by atoms with van der Waals surface area (Å²) >= 11 is 0. The van der Waals surface area contributed by atoms with Crippen LogP contribution in [0.5, 0.6) is 5.75 Å². The molecule has 0 aliphatic carbocycles. The van der Waals surface area contributed by atoms with Crippen molar-refractivity contribution in [2.75, 3.05) is 13.1 Å². The van der Waals surface area contributed by atoms with E-state index in [4.69, 9.17) is 14.2 Å². The van der Waals surface area contributed by atoms with Crippen molar-refractivity contribution < 1.29 is 37.4 Å². The highest BCUT2D eigenvalue weighted by molar-refractivity contribution is 5.87. The van der Waals surface area contributed by atoms with Crippen LogP contribution in [0.1, 0.15) is 53.5 Å². The van der Waals surface area contributed by atoms with Gasteiger partial charge in [-0.1, -0.05) is 51.1 Å². The maximum absolute atomic E-state index is 14.1. The standard InChI is InChI=1S/C31H39F2N3O6/c1-30(2,3)26(34-28(38)40-18-19-10-8-7-9-11-19)27(37)35-15-14-23-25(35)24(17-36(23)29(39)42-31(4,5)6)41-20-12-13-21(32)22(33)16-20/h7-13,16,23-26H,14-15,17-18H2,1-6H3,(H,34,38)/t23-,24+,25+,26?/m1/s1. The van der Waals surface area contributed by atoms with Crippen LogP contribution in [0.4, 0.5) is 18.4 Å². The van der Waals surface area contributed by atoms with Crippen molar-refractivity contribution in [3.8, 4) is 5.75 Å². The molecule has 0 aromatic heterocycles. The Morgan fingerprint density at radius 3 is 2.29 bits per heavy atom. The van der Waals surface area contributed by atoms with E-state index in [9.17, 15) is 23.2 Å². The first kappa shape index (κ1) is 31.1. The smallest absolute Gasteiger partial charge is 0.410 e. The molecule has 9 nitrogen and oxygen atoms in total. The van der Waals surface area contributed by atoms with E-state index in [1.807, 2.05) is 51.1 Å². The molecule has 2 heterocycles. The van der Waals surface area contributed by atoms with Crippen LogP contribution in [0.25, 0.3) is 0 Å². The summed E-state index contributed by atoms with van der Waals surface area (Å²) in [6.07, 6.45) is -1.61. The number of carbonyl (C=O) groups is 3. The molecule has 11 heteroatoms. The van der Waals surface area contributed by atoms with E-state index in [0.29, 0.717) is 13.0 Å². The lowest BCUT2D eigenvalue weighted by atomic mass is 9.85. The second kappa shape index (κ2) is 12.1. The van der Waals surface area contributed by atoms with E-state index in [2.05, 4.69) is 5.32 Å². The molecule has 3 amide bonds. The Morgan fingerprint density at radius 1 is 0.976 bits per heavy atom. The number of carbonyl (C=O) groups excluding carboxylic acids is 3. The molecular formula is C31H39F2N3O6. The lowest BCUT2D eigenvalue weighted by Gasteiger charge is -2.36. The lowest BCUT2D eigenvalue weighted by Crippen LogP contribution is -2.58. The zero-order chi connectivity index (χ0) is 30.8. The number of benzene rings is 2. The number of alkyl carbamates (subject to hydrolysis) is 1. The molecule has 2 aromatic carbocycles. The average Bonchev–Trinajstić information content (AvgIpc) is 3.48. The van der Waals surface area contributed by atoms with E-state index in [0.717, 1.165) is 17.7 Å². The Kier molecular flexibility index (Phi) is 8.98. The Labute approximate surface area is 245 Å². The fraction of sp³-hybridized carbons (Fsp3) is 0.516. The number of amides is 3. The van der Waals surface area contributed by atoms with Gasteiger partial charge in [0, 0.05) is 12.6 Å². The van der Waals surface area contributed by atoms with E-state index in [1.54, 1.807) is 25.7 Å². The second-order valence-corrected chi connectivity index (χ2v) is 12.7. The van der Waals surface area contributed by atoms with Gasteiger partial charge in [-0.25, -0.2) is 18.4 Å². The van der Waals surface area contributed by atoms with Gasteiger partial charge in [0.25, 0.3) is 0 Å². The lowest BCUT2D eigenvalue weighted by molar-refractivity contribution is -0.138. The number of nitrogens with zero attached hydrogens (tertiary/aromatic N) is 2. The molecule has 0 radical (unpaired) electrons. The Hall–Kier alpha value is -3.89. The molecule has 42 heavy (non-hydrogen) atoms. The Morgan fingerprint density at radius 2 is 1.67 bits per heavy atom. The predicted molar refractivity (Wildman–Crippen MR) is 151 cm³/mol. The van der Waals surface area contributed by atoms with Crippen molar-refractivity contribution in [3.05, 3.63) is 65.7 Å². The molecule has 0 saturated carbocycles. The van der Waals surface area contributed by atoms with Crippen LogP contribution in [0.3, 0.4) is 0 Å². The summed E-state index contributed by atoms with van der Waals surface area (Å²) in [5, 5.41) is 2.74. The van der Waals surface area contributed by atoms with Crippen molar-refractivity contribution in [1.82, 2.24) is 15.1 Å². The highest BCUT2D eigenvalue weighted by Crippen LogP contribution is 2.37. The fourth-order valence-electron chi connectivity index (χ4n) is 5.34. The van der Waals surface area contributed by atoms with Crippen LogP contribution in [0.2, 0.25) is 0 Å². The van der Waals surface area contributed by atoms with Gasteiger partial charge in [0.15, 0.2) is 11.6 Å². The molecule has 1 N–H and O–H groups in total. The maximum atomic E-state index is 14.1. The first-order valence-corrected chi connectivity index (χ1v) is 14.0. The number of ether oxygens (including phenoxy) is 3. The molecule has 2 aromatic rings. The quantitative estimate of drug-likeness (QED) is 0.495. The molecule has 0 spiro atoms. The molecule has 2 aliphatic rings. The number of rotatable bonds is 6. The first-order chi connectivity index (χ1) is 19.6. The van der Waals surface area contributed by atoms with Crippen molar-refractivity contribution >= 4 is 18.1 Å². The summed E-state index contributed by atoms with van der Waals surface area (Å²) in [6, 6.07) is 10.4. The van der Waals surface area contributed by atoms with Gasteiger partial charge in [-0.2, -0.15) is 0 Å². The molecule has 0 bridgehead atoms. The summed E-state index contributed by atoms with van der Waals surface area (Å²) in [6.45, 7) is 11.2. The first-order valence-electron chi connectivity index (χ1n) is 14.0. The third kappa shape index (κ3) is 7.30. The number of halogens is 2. The zero-order valence-corrected chi connectivity index (χ0v) is 24.9. The third-order valence-corrected chi connectivity index (χ3v) is 7.26. The fourth-order valence-corrected chi connectivity index (χ4v) is 5.34. The Balaban J connectivity index is 1.56. The van der Waals surface area contributed by atoms with Gasteiger partial charge < -0.3 is 24.4 Å². The van der Waals surface area contributed by atoms with Crippen LogP contribution in [0.15, 0.2) is 48.5 Å². The molecule has 4 atom stereocenters. The van der Waals surface area contributed by atoms with Crippen LogP contribution in [0, 0.1) is 17.0 Å². The topological polar surface area (TPSA) is 97.4 Å². The predicted octanol–water partition coefficient (Wildman–Crippen LogP) is 5.27. The number of likely N-dealkylation sites (tertiary alicyclic amines) is 2. The van der Waals surface area contributed by atoms with Gasteiger partial charge in [-0.05, 0) is 50.3 Å². The van der Waals surface area contributed by atoms with E-state index >= 15 is 0 Å². The molecule has 228 valence electrons.